The van der Waals surface area contributed by atoms with Gasteiger partial charge < -0.3 is 4.90 Å². The molecular formula is C17H16Cl2N2O3S. The molecule has 0 aliphatic carbocycles. The quantitative estimate of drug-likeness (QED) is 0.720. The standard InChI is InChI=1S/C17H16Cl2N2O3S/c18-12-5-4-6-13(19)11(12)9-14-16(23)21(17(24)25-14)10-15(22)20-7-2-1-3-8-20/h4-6,9H,1-3,7-8,10H2/b14-9-. The Bertz CT molecular complexity index is 740. The second kappa shape index (κ2) is 7.81. The lowest BCUT2D eigenvalue weighted by molar-refractivity contribution is -0.136. The number of thioether (sulfide) groups is 1. The van der Waals surface area contributed by atoms with Crippen molar-refractivity contribution < 1.29 is 14.4 Å². The average molecular weight is 399 g/mol. The fourth-order valence-corrected chi connectivity index (χ4v) is 4.12. The predicted octanol–water partition coefficient (Wildman–Crippen LogP) is 4.04. The molecule has 0 saturated carbocycles. The minimum Gasteiger partial charge on any atom is -0.341 e. The molecule has 5 nitrogen and oxygen atoms in total. The van der Waals surface area contributed by atoms with Crippen LogP contribution in [-0.2, 0) is 9.59 Å². The van der Waals surface area contributed by atoms with Crippen molar-refractivity contribution in [3.05, 3.63) is 38.7 Å². The van der Waals surface area contributed by atoms with Crippen molar-refractivity contribution in [1.29, 1.82) is 0 Å². The number of halogens is 2. The number of imide groups is 1. The minimum atomic E-state index is -0.489. The summed E-state index contributed by atoms with van der Waals surface area (Å²) >= 11 is 13.0. The Morgan fingerprint density at radius 3 is 2.40 bits per heavy atom. The molecule has 0 bridgehead atoms. The van der Waals surface area contributed by atoms with Crippen LogP contribution in [0.1, 0.15) is 24.8 Å². The first-order valence-electron chi connectivity index (χ1n) is 7.94. The van der Waals surface area contributed by atoms with E-state index in [1.165, 1.54) is 6.08 Å². The SMILES string of the molecule is O=C(CN1C(=O)S/C(=C\c2c(Cl)cccc2Cl)C1=O)N1CCCCC1. The maximum Gasteiger partial charge on any atom is 0.294 e. The van der Waals surface area contributed by atoms with Crippen molar-refractivity contribution in [3.63, 3.8) is 0 Å². The van der Waals surface area contributed by atoms with Gasteiger partial charge in [0, 0.05) is 28.7 Å². The third kappa shape index (κ3) is 4.02. The molecule has 132 valence electrons. The Morgan fingerprint density at radius 2 is 1.76 bits per heavy atom. The summed E-state index contributed by atoms with van der Waals surface area (Å²) in [6.07, 6.45) is 4.52. The van der Waals surface area contributed by atoms with Crippen LogP contribution in [0.2, 0.25) is 10.0 Å². The lowest BCUT2D eigenvalue weighted by Gasteiger charge is -2.27. The number of benzene rings is 1. The van der Waals surface area contributed by atoms with Gasteiger partial charge in [-0.05, 0) is 49.2 Å². The van der Waals surface area contributed by atoms with E-state index in [0.29, 0.717) is 28.7 Å². The number of piperidine rings is 1. The molecule has 0 aromatic heterocycles. The molecule has 0 N–H and O–H groups in total. The van der Waals surface area contributed by atoms with E-state index in [0.717, 1.165) is 35.9 Å². The van der Waals surface area contributed by atoms with Gasteiger partial charge >= 0.3 is 0 Å². The maximum absolute atomic E-state index is 12.5. The zero-order valence-electron chi connectivity index (χ0n) is 13.3. The molecule has 2 saturated heterocycles. The van der Waals surface area contributed by atoms with E-state index in [4.69, 9.17) is 23.2 Å². The summed E-state index contributed by atoms with van der Waals surface area (Å²) < 4.78 is 0. The molecule has 25 heavy (non-hydrogen) atoms. The fraction of sp³-hybridized carbons (Fsp3) is 0.353. The van der Waals surface area contributed by atoms with Crippen molar-refractivity contribution in [1.82, 2.24) is 9.80 Å². The fourth-order valence-electron chi connectivity index (χ4n) is 2.79. The summed E-state index contributed by atoms with van der Waals surface area (Å²) in [7, 11) is 0. The van der Waals surface area contributed by atoms with E-state index in [2.05, 4.69) is 0 Å². The predicted molar refractivity (Wildman–Crippen MR) is 99.6 cm³/mol. The van der Waals surface area contributed by atoms with Gasteiger partial charge in [0.1, 0.15) is 6.54 Å². The van der Waals surface area contributed by atoms with Crippen molar-refractivity contribution in [3.8, 4) is 0 Å². The number of carbonyl (C=O) groups excluding carboxylic acids is 3. The van der Waals surface area contributed by atoms with Crippen LogP contribution in [0.25, 0.3) is 6.08 Å². The molecule has 2 heterocycles. The van der Waals surface area contributed by atoms with Crippen LogP contribution in [0.15, 0.2) is 23.1 Å². The Balaban J connectivity index is 1.76. The molecule has 2 aliphatic heterocycles. The van der Waals surface area contributed by atoms with Gasteiger partial charge in [-0.25, -0.2) is 0 Å². The highest BCUT2D eigenvalue weighted by Crippen LogP contribution is 2.35. The summed E-state index contributed by atoms with van der Waals surface area (Å²) in [4.78, 5) is 39.9. The number of hydrogen-bond acceptors (Lipinski definition) is 4. The first kappa shape index (κ1) is 18.3. The average Bonchev–Trinajstić information content (AvgIpc) is 2.86. The number of rotatable bonds is 3. The van der Waals surface area contributed by atoms with E-state index in [1.54, 1.807) is 23.1 Å². The van der Waals surface area contributed by atoms with E-state index < -0.39 is 11.1 Å². The van der Waals surface area contributed by atoms with Crippen molar-refractivity contribution in [2.24, 2.45) is 0 Å². The molecule has 0 spiro atoms. The maximum atomic E-state index is 12.5. The van der Waals surface area contributed by atoms with Crippen LogP contribution in [0.4, 0.5) is 4.79 Å². The van der Waals surface area contributed by atoms with Crippen molar-refractivity contribution >= 4 is 58.1 Å². The molecule has 1 aromatic rings. The van der Waals surface area contributed by atoms with E-state index in [1.807, 2.05) is 0 Å². The Morgan fingerprint density at radius 1 is 1.12 bits per heavy atom. The van der Waals surface area contributed by atoms with Crippen molar-refractivity contribution in [2.75, 3.05) is 19.6 Å². The molecule has 0 unspecified atom stereocenters. The first-order valence-corrected chi connectivity index (χ1v) is 9.52. The van der Waals surface area contributed by atoms with Crippen LogP contribution >= 0.6 is 35.0 Å². The summed E-state index contributed by atoms with van der Waals surface area (Å²) in [5.74, 6) is -0.685. The molecule has 1 aromatic carbocycles. The lowest BCUT2D eigenvalue weighted by Crippen LogP contribution is -2.44. The van der Waals surface area contributed by atoms with Gasteiger partial charge in [0.05, 0.1) is 4.91 Å². The highest BCUT2D eigenvalue weighted by atomic mass is 35.5. The number of likely N-dealkylation sites (tertiary alicyclic amines) is 1. The largest absolute Gasteiger partial charge is 0.341 e. The number of hydrogen-bond donors (Lipinski definition) is 0. The van der Waals surface area contributed by atoms with Gasteiger partial charge in [0.15, 0.2) is 0 Å². The second-order valence-electron chi connectivity index (χ2n) is 5.84. The van der Waals surface area contributed by atoms with Gasteiger partial charge in [0.25, 0.3) is 11.1 Å². The summed E-state index contributed by atoms with van der Waals surface area (Å²) in [6, 6.07) is 5.01. The van der Waals surface area contributed by atoms with Crippen LogP contribution in [0.5, 0.6) is 0 Å². The second-order valence-corrected chi connectivity index (χ2v) is 7.65. The number of nitrogens with zero attached hydrogens (tertiary/aromatic N) is 2. The Hall–Kier alpha value is -1.50. The van der Waals surface area contributed by atoms with E-state index in [9.17, 15) is 14.4 Å². The van der Waals surface area contributed by atoms with Crippen LogP contribution in [0.3, 0.4) is 0 Å². The van der Waals surface area contributed by atoms with Gasteiger partial charge in [-0.1, -0.05) is 29.3 Å². The smallest absolute Gasteiger partial charge is 0.294 e. The number of amides is 3. The molecule has 3 amide bonds. The van der Waals surface area contributed by atoms with E-state index in [-0.39, 0.29) is 17.4 Å². The van der Waals surface area contributed by atoms with Gasteiger partial charge in [0.2, 0.25) is 5.91 Å². The molecule has 2 fully saturated rings. The van der Waals surface area contributed by atoms with Gasteiger partial charge in [-0.2, -0.15) is 0 Å². The first-order chi connectivity index (χ1) is 12.0. The Labute approximate surface area is 159 Å². The minimum absolute atomic E-state index is 0.195. The highest BCUT2D eigenvalue weighted by Gasteiger charge is 2.37. The van der Waals surface area contributed by atoms with E-state index >= 15 is 0 Å². The summed E-state index contributed by atoms with van der Waals surface area (Å²) in [5, 5.41) is 0.331. The molecule has 0 atom stereocenters. The zero-order chi connectivity index (χ0) is 18.0. The molecular weight excluding hydrogens is 383 g/mol. The topological polar surface area (TPSA) is 57.7 Å². The van der Waals surface area contributed by atoms with Crippen molar-refractivity contribution in [2.45, 2.75) is 19.3 Å². The van der Waals surface area contributed by atoms with Gasteiger partial charge in [-0.3, -0.25) is 19.3 Å². The zero-order valence-corrected chi connectivity index (χ0v) is 15.7. The molecule has 3 rings (SSSR count). The Kier molecular flexibility index (Phi) is 5.71. The van der Waals surface area contributed by atoms with Crippen LogP contribution in [-0.4, -0.2) is 46.5 Å². The summed E-state index contributed by atoms with van der Waals surface area (Å²) in [6.45, 7) is 1.14. The molecule has 8 heteroatoms. The normalized spacial score (nSPS) is 19.8. The summed E-state index contributed by atoms with van der Waals surface area (Å²) in [5.41, 5.74) is 0.485. The van der Waals surface area contributed by atoms with Gasteiger partial charge in [-0.15, -0.1) is 0 Å². The third-order valence-electron chi connectivity index (χ3n) is 4.15. The molecule has 0 radical (unpaired) electrons. The monoisotopic (exact) mass is 398 g/mol. The number of carbonyl (C=O) groups is 3. The van der Waals surface area contributed by atoms with Crippen LogP contribution in [0, 0.1) is 0 Å². The molecule has 2 aliphatic rings. The lowest BCUT2D eigenvalue weighted by atomic mass is 10.1. The highest BCUT2D eigenvalue weighted by molar-refractivity contribution is 8.18. The third-order valence-corrected chi connectivity index (χ3v) is 5.72. The van der Waals surface area contributed by atoms with Crippen LogP contribution < -0.4 is 0 Å².